The highest BCUT2D eigenvalue weighted by Gasteiger charge is 2.36. The second-order valence-electron chi connectivity index (χ2n) is 6.08. The van der Waals surface area contributed by atoms with E-state index in [-0.39, 0.29) is 30.6 Å². The van der Waals surface area contributed by atoms with Crippen molar-refractivity contribution in [3.05, 3.63) is 29.8 Å². The summed E-state index contributed by atoms with van der Waals surface area (Å²) in [5, 5.41) is 2.91. The number of morpholine rings is 1. The maximum Gasteiger partial charge on any atom is 0.254 e. The van der Waals surface area contributed by atoms with E-state index in [2.05, 4.69) is 5.32 Å². The summed E-state index contributed by atoms with van der Waals surface area (Å²) in [6, 6.07) is 7.03. The van der Waals surface area contributed by atoms with Crippen molar-refractivity contribution in [2.45, 2.75) is 25.0 Å². The Morgan fingerprint density at radius 2 is 2.33 bits per heavy atom. The van der Waals surface area contributed by atoms with Gasteiger partial charge in [0, 0.05) is 18.7 Å². The average Bonchev–Trinajstić information content (AvgIpc) is 2.61. The molecule has 24 heavy (non-hydrogen) atoms. The van der Waals surface area contributed by atoms with Gasteiger partial charge in [-0.3, -0.25) is 9.59 Å². The maximum atomic E-state index is 12.7. The summed E-state index contributed by atoms with van der Waals surface area (Å²) < 4.78 is 11.1. The number of carbonyl (C=O) groups is 2. The van der Waals surface area contributed by atoms with Gasteiger partial charge < -0.3 is 25.4 Å². The Morgan fingerprint density at radius 3 is 3.17 bits per heavy atom. The van der Waals surface area contributed by atoms with Gasteiger partial charge in [-0.25, -0.2) is 0 Å². The van der Waals surface area contributed by atoms with E-state index in [4.69, 9.17) is 15.2 Å². The SMILES string of the molecule is NCCCOc1cccc(C(=O)N2CC[C@H]3OCC(=O)N[C@H]3C2)c1. The molecule has 0 unspecified atom stereocenters. The number of hydrogen-bond acceptors (Lipinski definition) is 5. The van der Waals surface area contributed by atoms with E-state index in [0.29, 0.717) is 37.6 Å². The van der Waals surface area contributed by atoms with Crippen LogP contribution in [-0.2, 0) is 9.53 Å². The Balaban J connectivity index is 1.63. The second kappa shape index (κ2) is 7.63. The maximum absolute atomic E-state index is 12.7. The smallest absolute Gasteiger partial charge is 0.254 e. The molecule has 0 aliphatic carbocycles. The molecule has 2 atom stereocenters. The van der Waals surface area contributed by atoms with E-state index in [1.807, 2.05) is 12.1 Å². The van der Waals surface area contributed by atoms with E-state index in [9.17, 15) is 9.59 Å². The lowest BCUT2D eigenvalue weighted by Crippen LogP contribution is -2.61. The Hall–Kier alpha value is -2.12. The summed E-state index contributed by atoms with van der Waals surface area (Å²) in [4.78, 5) is 26.0. The molecule has 2 amide bonds. The number of nitrogens with two attached hydrogens (primary N) is 1. The minimum Gasteiger partial charge on any atom is -0.494 e. The van der Waals surface area contributed by atoms with Gasteiger partial charge in [-0.05, 0) is 37.6 Å². The van der Waals surface area contributed by atoms with Gasteiger partial charge in [0.05, 0.1) is 18.8 Å². The highest BCUT2D eigenvalue weighted by atomic mass is 16.5. The number of carbonyl (C=O) groups excluding carboxylic acids is 2. The Morgan fingerprint density at radius 1 is 1.46 bits per heavy atom. The summed E-state index contributed by atoms with van der Waals surface area (Å²) >= 11 is 0. The largest absolute Gasteiger partial charge is 0.494 e. The van der Waals surface area contributed by atoms with Crippen LogP contribution in [0.1, 0.15) is 23.2 Å². The highest BCUT2D eigenvalue weighted by Crippen LogP contribution is 2.21. The summed E-state index contributed by atoms with van der Waals surface area (Å²) in [7, 11) is 0. The first-order valence-electron chi connectivity index (χ1n) is 8.30. The molecule has 0 radical (unpaired) electrons. The van der Waals surface area contributed by atoms with Crippen molar-refractivity contribution in [3.8, 4) is 5.75 Å². The fourth-order valence-corrected chi connectivity index (χ4v) is 3.06. The third-order valence-corrected chi connectivity index (χ3v) is 4.31. The van der Waals surface area contributed by atoms with E-state index < -0.39 is 0 Å². The van der Waals surface area contributed by atoms with Gasteiger partial charge in [0.2, 0.25) is 5.91 Å². The molecule has 0 aromatic heterocycles. The molecule has 2 aliphatic heterocycles. The monoisotopic (exact) mass is 333 g/mol. The van der Waals surface area contributed by atoms with E-state index >= 15 is 0 Å². The molecule has 3 rings (SSSR count). The number of rotatable bonds is 5. The van der Waals surface area contributed by atoms with Crippen LogP contribution in [0, 0.1) is 0 Å². The number of nitrogens with zero attached hydrogens (tertiary/aromatic N) is 1. The Bertz CT molecular complexity index is 607. The summed E-state index contributed by atoms with van der Waals surface area (Å²) in [6.45, 7) is 2.30. The molecule has 3 N–H and O–H groups in total. The fourth-order valence-electron chi connectivity index (χ4n) is 3.06. The van der Waals surface area contributed by atoms with Gasteiger partial charge in [-0.1, -0.05) is 6.07 Å². The van der Waals surface area contributed by atoms with Crippen LogP contribution >= 0.6 is 0 Å². The van der Waals surface area contributed by atoms with Crippen LogP contribution in [-0.4, -0.2) is 61.7 Å². The van der Waals surface area contributed by atoms with E-state index in [1.165, 1.54) is 0 Å². The number of likely N-dealkylation sites (tertiary alicyclic amines) is 1. The number of amides is 2. The predicted octanol–water partition coefficient (Wildman–Crippen LogP) is 0.144. The third kappa shape index (κ3) is 3.85. The summed E-state index contributed by atoms with van der Waals surface area (Å²) in [5.74, 6) is 0.483. The first-order chi connectivity index (χ1) is 11.7. The third-order valence-electron chi connectivity index (χ3n) is 4.31. The molecule has 1 aromatic carbocycles. The van der Waals surface area contributed by atoms with Crippen LogP contribution in [0.2, 0.25) is 0 Å². The zero-order chi connectivity index (χ0) is 16.9. The molecular weight excluding hydrogens is 310 g/mol. The van der Waals surface area contributed by atoms with Crippen molar-refractivity contribution < 1.29 is 19.1 Å². The lowest BCUT2D eigenvalue weighted by molar-refractivity contribution is -0.139. The zero-order valence-electron chi connectivity index (χ0n) is 13.6. The molecule has 0 spiro atoms. The van der Waals surface area contributed by atoms with Crippen molar-refractivity contribution in [1.29, 1.82) is 0 Å². The quantitative estimate of drug-likeness (QED) is 0.748. The van der Waals surface area contributed by atoms with E-state index in [1.54, 1.807) is 17.0 Å². The van der Waals surface area contributed by atoms with Crippen LogP contribution < -0.4 is 15.8 Å². The van der Waals surface area contributed by atoms with Crippen molar-refractivity contribution in [2.24, 2.45) is 5.73 Å². The molecule has 7 nitrogen and oxygen atoms in total. The minimum atomic E-state index is -0.132. The topological polar surface area (TPSA) is 93.9 Å². The lowest BCUT2D eigenvalue weighted by atomic mass is 9.99. The van der Waals surface area contributed by atoms with Gasteiger partial charge in [0.15, 0.2) is 0 Å². The second-order valence-corrected chi connectivity index (χ2v) is 6.08. The van der Waals surface area contributed by atoms with Crippen molar-refractivity contribution in [2.75, 3.05) is 32.8 Å². The standard InChI is InChI=1S/C17H23N3O4/c18-6-2-8-23-13-4-1-3-12(9-13)17(22)20-7-5-15-14(10-20)19-16(21)11-24-15/h1,3-4,9,14-15H,2,5-8,10-11,18H2,(H,19,21)/t14-,15+/m0/s1. The van der Waals surface area contributed by atoms with Crippen LogP contribution in [0.15, 0.2) is 24.3 Å². The number of ether oxygens (including phenoxy) is 2. The first kappa shape index (κ1) is 16.7. The van der Waals surface area contributed by atoms with Crippen molar-refractivity contribution >= 4 is 11.8 Å². The average molecular weight is 333 g/mol. The number of fused-ring (bicyclic) bond motifs is 1. The number of hydrogen-bond donors (Lipinski definition) is 2. The molecular formula is C17H23N3O4. The number of piperidine rings is 1. The van der Waals surface area contributed by atoms with E-state index in [0.717, 1.165) is 12.8 Å². The van der Waals surface area contributed by atoms with Gasteiger partial charge in [0.25, 0.3) is 5.91 Å². The van der Waals surface area contributed by atoms with Crippen molar-refractivity contribution in [1.82, 2.24) is 10.2 Å². The molecule has 2 heterocycles. The zero-order valence-corrected chi connectivity index (χ0v) is 13.6. The van der Waals surface area contributed by atoms with Crippen LogP contribution in [0.5, 0.6) is 5.75 Å². The van der Waals surface area contributed by atoms with Crippen LogP contribution in [0.25, 0.3) is 0 Å². The molecule has 2 saturated heterocycles. The molecule has 2 aliphatic rings. The Kier molecular flexibility index (Phi) is 5.32. The summed E-state index contributed by atoms with van der Waals surface area (Å²) in [5.41, 5.74) is 6.04. The van der Waals surface area contributed by atoms with Gasteiger partial charge in [-0.15, -0.1) is 0 Å². The lowest BCUT2D eigenvalue weighted by Gasteiger charge is -2.41. The molecule has 2 fully saturated rings. The normalized spacial score (nSPS) is 23.4. The van der Waals surface area contributed by atoms with Gasteiger partial charge >= 0.3 is 0 Å². The molecule has 0 bridgehead atoms. The minimum absolute atomic E-state index is 0.00215. The molecule has 1 aromatic rings. The molecule has 0 saturated carbocycles. The first-order valence-corrected chi connectivity index (χ1v) is 8.30. The van der Waals surface area contributed by atoms with Crippen LogP contribution in [0.4, 0.5) is 0 Å². The Labute approximate surface area is 141 Å². The molecule has 7 heteroatoms. The number of benzene rings is 1. The highest BCUT2D eigenvalue weighted by molar-refractivity contribution is 5.94. The van der Waals surface area contributed by atoms with Crippen LogP contribution in [0.3, 0.4) is 0 Å². The molecule has 130 valence electrons. The fraction of sp³-hybridized carbons (Fsp3) is 0.529. The number of nitrogens with one attached hydrogen (secondary N) is 1. The van der Waals surface area contributed by atoms with Crippen molar-refractivity contribution in [3.63, 3.8) is 0 Å². The van der Waals surface area contributed by atoms with Gasteiger partial charge in [0.1, 0.15) is 12.4 Å². The predicted molar refractivity (Wildman–Crippen MR) is 87.8 cm³/mol. The summed E-state index contributed by atoms with van der Waals surface area (Å²) in [6.07, 6.45) is 1.49. The van der Waals surface area contributed by atoms with Gasteiger partial charge in [-0.2, -0.15) is 0 Å².